The van der Waals surface area contributed by atoms with Crippen molar-refractivity contribution in [3.8, 4) is 0 Å². The number of anilines is 1. The van der Waals surface area contributed by atoms with Crippen LogP contribution in [-0.2, 0) is 14.3 Å². The number of nitrogens with one attached hydrogen (secondary N) is 1. The molecule has 4 bridgehead atoms. The molecule has 4 saturated carbocycles. The van der Waals surface area contributed by atoms with Crippen molar-refractivity contribution in [2.45, 2.75) is 45.4 Å². The number of carbonyl (C=O) groups excluding carboxylic acids is 2. The van der Waals surface area contributed by atoms with E-state index < -0.39 is 22.9 Å². The molecule has 1 N–H and O–H groups in total. The SMILES string of the molecule is Cc1ccc(NC(=O)COC(=O)C23CC4CC(CC(C4)C2)C3)c([N+](=O)[O-])c1. The van der Waals surface area contributed by atoms with Gasteiger partial charge < -0.3 is 10.1 Å². The molecule has 0 heterocycles. The number of hydrogen-bond acceptors (Lipinski definition) is 5. The summed E-state index contributed by atoms with van der Waals surface area (Å²) < 4.78 is 5.36. The zero-order chi connectivity index (χ0) is 19.2. The van der Waals surface area contributed by atoms with E-state index in [0.717, 1.165) is 24.8 Å². The Morgan fingerprint density at radius 3 is 2.33 bits per heavy atom. The van der Waals surface area contributed by atoms with Crippen LogP contribution < -0.4 is 5.32 Å². The molecule has 4 fully saturated rings. The third-order valence-electron chi connectivity index (χ3n) is 6.43. The Labute approximate surface area is 157 Å². The summed E-state index contributed by atoms with van der Waals surface area (Å²) in [7, 11) is 0. The second-order valence-electron chi connectivity index (χ2n) is 8.60. The molecule has 0 aromatic heterocycles. The highest BCUT2D eigenvalue weighted by Gasteiger charge is 2.55. The minimum atomic E-state index is -0.556. The Kier molecular flexibility index (Phi) is 4.40. The lowest BCUT2D eigenvalue weighted by Crippen LogP contribution is -2.50. The molecule has 0 radical (unpaired) electrons. The molecule has 5 rings (SSSR count). The van der Waals surface area contributed by atoms with E-state index in [9.17, 15) is 19.7 Å². The van der Waals surface area contributed by atoms with Crippen molar-refractivity contribution < 1.29 is 19.2 Å². The summed E-state index contributed by atoms with van der Waals surface area (Å²) >= 11 is 0. The first-order chi connectivity index (χ1) is 12.8. The summed E-state index contributed by atoms with van der Waals surface area (Å²) in [6, 6.07) is 4.58. The molecule has 4 aliphatic carbocycles. The third-order valence-corrected chi connectivity index (χ3v) is 6.43. The highest BCUT2D eigenvalue weighted by molar-refractivity contribution is 5.95. The second kappa shape index (κ2) is 6.62. The standard InChI is InChI=1S/C20H24N2O5/c1-12-2-3-16(17(4-12)22(25)26)21-18(23)11-27-19(24)20-8-13-5-14(9-20)7-15(6-13)10-20/h2-4,13-15H,5-11H2,1H3,(H,21,23). The molecule has 0 atom stereocenters. The largest absolute Gasteiger partial charge is 0.455 e. The van der Waals surface area contributed by atoms with Crippen molar-refractivity contribution in [2.24, 2.45) is 23.2 Å². The van der Waals surface area contributed by atoms with Crippen LogP contribution in [-0.4, -0.2) is 23.4 Å². The fourth-order valence-corrected chi connectivity index (χ4v) is 5.73. The summed E-state index contributed by atoms with van der Waals surface area (Å²) in [6.07, 6.45) is 6.31. The number of esters is 1. The maximum atomic E-state index is 12.8. The van der Waals surface area contributed by atoms with Crippen molar-refractivity contribution >= 4 is 23.3 Å². The van der Waals surface area contributed by atoms with Crippen LogP contribution in [0.15, 0.2) is 18.2 Å². The number of nitrogens with zero attached hydrogens (tertiary/aromatic N) is 1. The van der Waals surface area contributed by atoms with Gasteiger partial charge in [0.15, 0.2) is 6.61 Å². The molecule has 7 nitrogen and oxygen atoms in total. The van der Waals surface area contributed by atoms with Gasteiger partial charge in [0.25, 0.3) is 11.6 Å². The van der Waals surface area contributed by atoms with E-state index >= 15 is 0 Å². The van der Waals surface area contributed by atoms with Crippen LogP contribution in [0.1, 0.15) is 44.1 Å². The molecule has 1 amide bonds. The first-order valence-corrected chi connectivity index (χ1v) is 9.57. The van der Waals surface area contributed by atoms with Crippen molar-refractivity contribution in [2.75, 3.05) is 11.9 Å². The Hall–Kier alpha value is -2.44. The van der Waals surface area contributed by atoms with Crippen LogP contribution in [0, 0.1) is 40.2 Å². The molecule has 7 heteroatoms. The fourth-order valence-electron chi connectivity index (χ4n) is 5.73. The number of aryl methyl sites for hydroxylation is 1. The quantitative estimate of drug-likeness (QED) is 0.484. The second-order valence-corrected chi connectivity index (χ2v) is 8.60. The van der Waals surface area contributed by atoms with Crippen molar-refractivity contribution in [1.29, 1.82) is 0 Å². The van der Waals surface area contributed by atoms with E-state index in [1.165, 1.54) is 31.4 Å². The van der Waals surface area contributed by atoms with Crippen LogP contribution in [0.3, 0.4) is 0 Å². The normalized spacial score (nSPS) is 30.8. The van der Waals surface area contributed by atoms with Gasteiger partial charge in [0.1, 0.15) is 5.69 Å². The summed E-state index contributed by atoms with van der Waals surface area (Å²) in [5.41, 5.74) is 0.260. The Balaban J connectivity index is 1.37. The van der Waals surface area contributed by atoms with E-state index in [0.29, 0.717) is 17.8 Å². The van der Waals surface area contributed by atoms with Gasteiger partial charge in [-0.15, -0.1) is 0 Å². The lowest BCUT2D eigenvalue weighted by atomic mass is 9.49. The first-order valence-electron chi connectivity index (χ1n) is 9.57. The minimum Gasteiger partial charge on any atom is -0.455 e. The van der Waals surface area contributed by atoms with Crippen LogP contribution in [0.4, 0.5) is 11.4 Å². The Morgan fingerprint density at radius 2 is 1.78 bits per heavy atom. The van der Waals surface area contributed by atoms with Gasteiger partial charge in [-0.3, -0.25) is 19.7 Å². The van der Waals surface area contributed by atoms with Crippen LogP contribution in [0.5, 0.6) is 0 Å². The molecule has 0 unspecified atom stereocenters. The number of hydrogen-bond donors (Lipinski definition) is 1. The zero-order valence-electron chi connectivity index (χ0n) is 15.4. The summed E-state index contributed by atoms with van der Waals surface area (Å²) in [4.78, 5) is 35.6. The number of amides is 1. The molecule has 144 valence electrons. The molecule has 4 aliphatic rings. The number of ether oxygens (including phenoxy) is 1. The average molecular weight is 372 g/mol. The van der Waals surface area contributed by atoms with Crippen LogP contribution in [0.25, 0.3) is 0 Å². The number of carbonyl (C=O) groups is 2. The number of nitro benzene ring substituents is 1. The Morgan fingerprint density at radius 1 is 1.19 bits per heavy atom. The lowest BCUT2D eigenvalue weighted by Gasteiger charge is -2.55. The van der Waals surface area contributed by atoms with Crippen molar-refractivity contribution in [1.82, 2.24) is 0 Å². The average Bonchev–Trinajstić information content (AvgIpc) is 2.60. The molecular formula is C20H24N2O5. The lowest BCUT2D eigenvalue weighted by molar-refractivity contribution is -0.384. The third kappa shape index (κ3) is 3.42. The monoisotopic (exact) mass is 372 g/mol. The van der Waals surface area contributed by atoms with Gasteiger partial charge in [-0.25, -0.2) is 0 Å². The number of benzene rings is 1. The smallest absolute Gasteiger partial charge is 0.312 e. The Bertz CT molecular complexity index is 768. The first kappa shape index (κ1) is 17.9. The number of nitro groups is 1. The molecular weight excluding hydrogens is 348 g/mol. The predicted molar refractivity (Wildman–Crippen MR) is 98.0 cm³/mol. The topological polar surface area (TPSA) is 98.5 Å². The fraction of sp³-hybridized carbons (Fsp3) is 0.600. The number of rotatable bonds is 5. The highest BCUT2D eigenvalue weighted by Crippen LogP contribution is 2.60. The van der Waals surface area contributed by atoms with Crippen molar-refractivity contribution in [3.63, 3.8) is 0 Å². The van der Waals surface area contributed by atoms with Gasteiger partial charge >= 0.3 is 5.97 Å². The van der Waals surface area contributed by atoms with Gasteiger partial charge in [-0.05, 0) is 74.8 Å². The van der Waals surface area contributed by atoms with E-state index in [4.69, 9.17) is 4.74 Å². The summed E-state index contributed by atoms with van der Waals surface area (Å²) in [5.74, 6) is 1.03. The zero-order valence-corrected chi connectivity index (χ0v) is 15.4. The predicted octanol–water partition coefficient (Wildman–Crippen LogP) is 3.60. The van der Waals surface area contributed by atoms with Gasteiger partial charge in [0.2, 0.25) is 0 Å². The van der Waals surface area contributed by atoms with Gasteiger partial charge in [0.05, 0.1) is 10.3 Å². The molecule has 1 aromatic carbocycles. The maximum Gasteiger partial charge on any atom is 0.312 e. The highest BCUT2D eigenvalue weighted by atomic mass is 16.6. The molecule has 0 aliphatic heterocycles. The summed E-state index contributed by atoms with van der Waals surface area (Å²) in [6.45, 7) is 1.33. The van der Waals surface area contributed by atoms with Crippen LogP contribution >= 0.6 is 0 Å². The van der Waals surface area contributed by atoms with E-state index in [2.05, 4.69) is 5.32 Å². The molecule has 27 heavy (non-hydrogen) atoms. The van der Waals surface area contributed by atoms with Gasteiger partial charge in [-0.1, -0.05) is 6.07 Å². The van der Waals surface area contributed by atoms with Crippen LogP contribution in [0.2, 0.25) is 0 Å². The molecule has 0 saturated heterocycles. The minimum absolute atomic E-state index is 0.112. The van der Waals surface area contributed by atoms with E-state index in [-0.39, 0.29) is 17.3 Å². The van der Waals surface area contributed by atoms with Gasteiger partial charge in [-0.2, -0.15) is 0 Å². The molecule has 0 spiro atoms. The molecule has 1 aromatic rings. The summed E-state index contributed by atoms with van der Waals surface area (Å²) in [5, 5.41) is 13.6. The van der Waals surface area contributed by atoms with Gasteiger partial charge in [0, 0.05) is 6.07 Å². The maximum absolute atomic E-state index is 12.8. The van der Waals surface area contributed by atoms with E-state index in [1.807, 2.05) is 0 Å². The van der Waals surface area contributed by atoms with Crippen molar-refractivity contribution in [3.05, 3.63) is 33.9 Å². The van der Waals surface area contributed by atoms with E-state index in [1.54, 1.807) is 13.0 Å².